The van der Waals surface area contributed by atoms with Crippen LogP contribution in [-0.4, -0.2) is 55.5 Å². The predicted molar refractivity (Wildman–Crippen MR) is 170 cm³/mol. The van der Waals surface area contributed by atoms with Crippen molar-refractivity contribution in [1.82, 2.24) is 24.4 Å². The summed E-state index contributed by atoms with van der Waals surface area (Å²) in [6.45, 7) is 13.9. The molecule has 5 heterocycles. The van der Waals surface area contributed by atoms with E-state index in [2.05, 4.69) is 16.5 Å². The largest absolute Gasteiger partial charge is 0.464 e. The van der Waals surface area contributed by atoms with Crippen LogP contribution in [0.15, 0.2) is 58.6 Å². The Labute approximate surface area is 262 Å². The van der Waals surface area contributed by atoms with Gasteiger partial charge in [0.1, 0.15) is 11.4 Å². The van der Waals surface area contributed by atoms with Crippen molar-refractivity contribution in [2.24, 2.45) is 0 Å². The fraction of sp³-hybridized carbons (Fsp3) is 0.303. The quantitative estimate of drug-likeness (QED) is 0.202. The van der Waals surface area contributed by atoms with Crippen molar-refractivity contribution in [2.45, 2.75) is 52.6 Å². The summed E-state index contributed by atoms with van der Waals surface area (Å²) in [7, 11) is 0. The van der Waals surface area contributed by atoms with Crippen LogP contribution in [0.5, 0.6) is 0 Å². The summed E-state index contributed by atoms with van der Waals surface area (Å²) in [5.74, 6) is -2.23. The van der Waals surface area contributed by atoms with Gasteiger partial charge in [0.2, 0.25) is 5.91 Å². The molecule has 0 saturated carbocycles. The van der Waals surface area contributed by atoms with Crippen molar-refractivity contribution in [3.63, 3.8) is 0 Å². The molecular formula is C33H31ClF2N6O3. The molecular weight excluding hydrogens is 602 g/mol. The van der Waals surface area contributed by atoms with E-state index < -0.39 is 17.3 Å². The van der Waals surface area contributed by atoms with Gasteiger partial charge in [-0.25, -0.2) is 23.1 Å². The normalized spacial score (nSPS) is 17.1. The first-order valence-electron chi connectivity index (χ1n) is 14.6. The Morgan fingerprint density at radius 1 is 1.16 bits per heavy atom. The van der Waals surface area contributed by atoms with Crippen LogP contribution >= 0.6 is 11.6 Å². The van der Waals surface area contributed by atoms with E-state index in [-0.39, 0.29) is 51.4 Å². The summed E-state index contributed by atoms with van der Waals surface area (Å²) >= 11 is 6.84. The van der Waals surface area contributed by atoms with E-state index in [4.69, 9.17) is 21.0 Å². The van der Waals surface area contributed by atoms with Gasteiger partial charge in [0.15, 0.2) is 17.3 Å². The number of nitrogens with zero attached hydrogens (tertiary/aromatic N) is 6. The molecule has 5 aromatic rings. The van der Waals surface area contributed by atoms with Crippen LogP contribution in [0.25, 0.3) is 38.9 Å². The van der Waals surface area contributed by atoms with Gasteiger partial charge in [-0.2, -0.15) is 4.98 Å². The fourth-order valence-electron chi connectivity index (χ4n) is 6.10. The lowest BCUT2D eigenvalue weighted by Crippen LogP contribution is -2.58. The third kappa shape index (κ3) is 4.95. The summed E-state index contributed by atoms with van der Waals surface area (Å²) in [6.07, 6.45) is 4.28. The molecule has 1 aromatic carbocycles. The number of carbonyl (C=O) groups excluding carboxylic acids is 1. The average molecular weight is 633 g/mol. The lowest BCUT2D eigenvalue weighted by atomic mass is 10.0. The maximum Gasteiger partial charge on any atom is 0.355 e. The number of benzene rings is 1. The van der Waals surface area contributed by atoms with Crippen LogP contribution in [0, 0.1) is 18.6 Å². The van der Waals surface area contributed by atoms with E-state index in [0.717, 1.165) is 11.6 Å². The number of fused-ring (bicyclic) bond motifs is 2. The number of pyridine rings is 2. The van der Waals surface area contributed by atoms with Gasteiger partial charge >= 0.3 is 5.69 Å². The average Bonchev–Trinajstić information content (AvgIpc) is 3.46. The first-order valence-corrected chi connectivity index (χ1v) is 14.9. The number of hydrogen-bond acceptors (Lipinski definition) is 7. The molecule has 1 fully saturated rings. The minimum atomic E-state index is -1.18. The molecule has 6 rings (SSSR count). The molecule has 4 aromatic heterocycles. The zero-order chi connectivity index (χ0) is 32.3. The molecule has 45 heavy (non-hydrogen) atoms. The van der Waals surface area contributed by atoms with Crippen LogP contribution in [0.4, 0.5) is 14.6 Å². The highest BCUT2D eigenvalue weighted by Crippen LogP contribution is 2.40. The van der Waals surface area contributed by atoms with Gasteiger partial charge in [0.05, 0.1) is 39.3 Å². The molecule has 232 valence electrons. The number of piperazine rings is 1. The second-order valence-electron chi connectivity index (χ2n) is 11.7. The Bertz CT molecular complexity index is 2070. The number of aryl methyl sites for hydroxylation is 1. The van der Waals surface area contributed by atoms with Gasteiger partial charge in [-0.1, -0.05) is 32.0 Å². The summed E-state index contributed by atoms with van der Waals surface area (Å²) in [5, 5.41) is 0.747. The molecule has 0 aliphatic carbocycles. The zero-order valence-electron chi connectivity index (χ0n) is 25.4. The molecule has 1 aliphatic heterocycles. The predicted octanol–water partition coefficient (Wildman–Crippen LogP) is 6.56. The van der Waals surface area contributed by atoms with Crippen LogP contribution < -0.4 is 10.6 Å². The molecule has 1 saturated heterocycles. The first kappa shape index (κ1) is 30.4. The van der Waals surface area contributed by atoms with Crippen molar-refractivity contribution in [3.8, 4) is 16.9 Å². The highest BCUT2D eigenvalue weighted by atomic mass is 35.5. The number of aromatic nitrogens is 4. The lowest BCUT2D eigenvalue weighted by molar-refractivity contribution is -0.128. The van der Waals surface area contributed by atoms with Gasteiger partial charge in [0.25, 0.3) is 0 Å². The summed E-state index contributed by atoms with van der Waals surface area (Å²) in [5.41, 5.74) is 1.08. The highest BCUT2D eigenvalue weighted by molar-refractivity contribution is 6.34. The topological polar surface area (TPSA) is 97.4 Å². The molecule has 0 N–H and O–H groups in total. The lowest BCUT2D eigenvalue weighted by Gasteiger charge is -2.44. The van der Waals surface area contributed by atoms with Crippen molar-refractivity contribution in [3.05, 3.63) is 87.8 Å². The van der Waals surface area contributed by atoms with Gasteiger partial charge in [-0.05, 0) is 62.6 Å². The molecule has 0 radical (unpaired) electrons. The molecule has 0 unspecified atom stereocenters. The minimum Gasteiger partial charge on any atom is -0.464 e. The molecule has 0 bridgehead atoms. The summed E-state index contributed by atoms with van der Waals surface area (Å²) in [4.78, 5) is 44.3. The van der Waals surface area contributed by atoms with Gasteiger partial charge in [-0.15, -0.1) is 0 Å². The molecule has 1 amide bonds. The number of hydrogen-bond donors (Lipinski definition) is 0. The van der Waals surface area contributed by atoms with Crippen LogP contribution in [0.3, 0.4) is 0 Å². The number of anilines is 1. The smallest absolute Gasteiger partial charge is 0.355 e. The van der Waals surface area contributed by atoms with E-state index in [9.17, 15) is 14.0 Å². The van der Waals surface area contributed by atoms with Gasteiger partial charge in [0, 0.05) is 36.8 Å². The van der Waals surface area contributed by atoms with Crippen molar-refractivity contribution in [1.29, 1.82) is 0 Å². The zero-order valence-corrected chi connectivity index (χ0v) is 26.2. The summed E-state index contributed by atoms with van der Waals surface area (Å²) < 4.78 is 37.3. The summed E-state index contributed by atoms with van der Waals surface area (Å²) in [6, 6.07) is 5.43. The number of furan rings is 1. The van der Waals surface area contributed by atoms with Crippen molar-refractivity contribution >= 4 is 45.3 Å². The molecule has 1 aliphatic rings. The van der Waals surface area contributed by atoms with Gasteiger partial charge in [-0.3, -0.25) is 9.78 Å². The van der Waals surface area contributed by atoms with Crippen LogP contribution in [-0.2, 0) is 4.79 Å². The molecule has 2 atom stereocenters. The van der Waals surface area contributed by atoms with E-state index in [1.165, 1.54) is 23.0 Å². The fourth-order valence-corrected chi connectivity index (χ4v) is 6.34. The number of halogens is 3. The van der Waals surface area contributed by atoms with E-state index >= 15 is 4.39 Å². The molecule has 12 heteroatoms. The molecule has 0 spiro atoms. The minimum absolute atomic E-state index is 0.00566. The maximum absolute atomic E-state index is 15.5. The Morgan fingerprint density at radius 2 is 1.91 bits per heavy atom. The van der Waals surface area contributed by atoms with Gasteiger partial charge < -0.3 is 14.2 Å². The number of rotatable bonds is 5. The standard InChI is InChI=1S/C33H31ClF2N6O3/c1-7-24(43)40-14-19(6)41(15-18(40)5)31-21-13-22(34)28(25-26(36)23(35)12-20-9-11-45-30(20)25)38-32(21)42(33(44)39-31)29-17(4)8-10-37-27(29)16(2)3/h7-13,16,18-19H,1,14-15H2,2-6H3/t18-,19+/m1/s1. The SMILES string of the molecule is C=CC(=O)N1C[C@H](C)N(c2nc(=O)n(-c3c(C)ccnc3C(C)C)c3nc(-c4c(F)c(F)cc5ccoc45)c(Cl)cc23)C[C@H]1C. The number of carbonyl (C=O) groups is 1. The monoisotopic (exact) mass is 632 g/mol. The van der Waals surface area contributed by atoms with E-state index in [0.29, 0.717) is 41.1 Å². The Kier molecular flexibility index (Phi) is 7.68. The van der Waals surface area contributed by atoms with E-state index in [1.54, 1.807) is 23.2 Å². The highest BCUT2D eigenvalue weighted by Gasteiger charge is 2.34. The Balaban J connectivity index is 1.69. The molecule has 9 nitrogen and oxygen atoms in total. The van der Waals surface area contributed by atoms with Crippen molar-refractivity contribution in [2.75, 3.05) is 18.0 Å². The second kappa shape index (κ2) is 11.4. The Morgan fingerprint density at radius 3 is 2.62 bits per heavy atom. The van der Waals surface area contributed by atoms with E-state index in [1.807, 2.05) is 39.5 Å². The van der Waals surface area contributed by atoms with Crippen LogP contribution in [0.1, 0.15) is 44.9 Å². The first-order chi connectivity index (χ1) is 21.4. The maximum atomic E-state index is 15.5. The van der Waals surface area contributed by atoms with Crippen LogP contribution in [0.2, 0.25) is 5.02 Å². The Hall–Kier alpha value is -4.64. The third-order valence-corrected chi connectivity index (χ3v) is 8.60. The van der Waals surface area contributed by atoms with Crippen molar-refractivity contribution < 1.29 is 18.0 Å². The number of amides is 1. The second-order valence-corrected chi connectivity index (χ2v) is 12.1. The third-order valence-electron chi connectivity index (χ3n) is 8.31.